The van der Waals surface area contributed by atoms with Gasteiger partial charge in [-0.15, -0.1) is 0 Å². The highest BCUT2D eigenvalue weighted by Crippen LogP contribution is 2.38. The fourth-order valence-corrected chi connectivity index (χ4v) is 2.27. The third-order valence-electron chi connectivity index (χ3n) is 3.17. The SMILES string of the molecule is Cc1ccc2nc(CCO)n(C3CC3)c2c1. The first-order chi connectivity index (χ1) is 7.79. The third-order valence-corrected chi connectivity index (χ3v) is 3.17. The molecule has 0 amide bonds. The minimum Gasteiger partial charge on any atom is -0.396 e. The van der Waals surface area contributed by atoms with Gasteiger partial charge in [-0.2, -0.15) is 0 Å². The van der Waals surface area contributed by atoms with Crippen LogP contribution in [0.15, 0.2) is 18.2 Å². The number of hydrogen-bond donors (Lipinski definition) is 1. The second-order valence-electron chi connectivity index (χ2n) is 4.59. The quantitative estimate of drug-likeness (QED) is 0.854. The van der Waals surface area contributed by atoms with Crippen molar-refractivity contribution in [2.45, 2.75) is 32.2 Å². The lowest BCUT2D eigenvalue weighted by Gasteiger charge is -2.06. The monoisotopic (exact) mass is 216 g/mol. The van der Waals surface area contributed by atoms with Crippen molar-refractivity contribution >= 4 is 11.0 Å². The molecule has 16 heavy (non-hydrogen) atoms. The van der Waals surface area contributed by atoms with Gasteiger partial charge in [-0.1, -0.05) is 6.07 Å². The summed E-state index contributed by atoms with van der Waals surface area (Å²) in [6.07, 6.45) is 3.15. The summed E-state index contributed by atoms with van der Waals surface area (Å²) in [5.74, 6) is 1.03. The Morgan fingerprint density at radius 2 is 2.25 bits per heavy atom. The van der Waals surface area contributed by atoms with Gasteiger partial charge in [0.05, 0.1) is 17.6 Å². The van der Waals surface area contributed by atoms with Crippen LogP contribution in [0.1, 0.15) is 30.3 Å². The molecule has 2 aromatic rings. The maximum atomic E-state index is 9.07. The van der Waals surface area contributed by atoms with Crippen molar-refractivity contribution in [2.24, 2.45) is 0 Å². The smallest absolute Gasteiger partial charge is 0.112 e. The molecule has 1 fully saturated rings. The second-order valence-corrected chi connectivity index (χ2v) is 4.59. The van der Waals surface area contributed by atoms with E-state index in [-0.39, 0.29) is 6.61 Å². The minimum absolute atomic E-state index is 0.176. The van der Waals surface area contributed by atoms with E-state index >= 15 is 0 Å². The second kappa shape index (κ2) is 3.59. The molecule has 1 aliphatic rings. The standard InChI is InChI=1S/C13H16N2O/c1-9-2-5-11-12(8-9)15(10-3-4-10)13(14-11)6-7-16/h2,5,8,10,16H,3-4,6-7H2,1H3. The molecule has 0 atom stereocenters. The van der Waals surface area contributed by atoms with E-state index in [1.54, 1.807) is 0 Å². The molecule has 0 aliphatic heterocycles. The summed E-state index contributed by atoms with van der Waals surface area (Å²) in [5.41, 5.74) is 3.55. The van der Waals surface area contributed by atoms with Gasteiger partial charge in [0, 0.05) is 12.5 Å². The molecule has 3 heteroatoms. The summed E-state index contributed by atoms with van der Waals surface area (Å²) in [6, 6.07) is 6.98. The first-order valence-corrected chi connectivity index (χ1v) is 5.88. The van der Waals surface area contributed by atoms with Crippen LogP contribution in [0.2, 0.25) is 0 Å². The van der Waals surface area contributed by atoms with Crippen molar-refractivity contribution in [1.29, 1.82) is 0 Å². The zero-order valence-corrected chi connectivity index (χ0v) is 9.48. The Labute approximate surface area is 94.7 Å². The number of nitrogens with zero attached hydrogens (tertiary/aromatic N) is 2. The topological polar surface area (TPSA) is 38.1 Å². The third kappa shape index (κ3) is 1.52. The lowest BCUT2D eigenvalue weighted by atomic mass is 10.2. The van der Waals surface area contributed by atoms with E-state index in [2.05, 4.69) is 34.7 Å². The number of aliphatic hydroxyl groups excluding tert-OH is 1. The average molecular weight is 216 g/mol. The number of aromatic nitrogens is 2. The van der Waals surface area contributed by atoms with Gasteiger partial charge < -0.3 is 9.67 Å². The maximum Gasteiger partial charge on any atom is 0.112 e. The first-order valence-electron chi connectivity index (χ1n) is 5.88. The van der Waals surface area contributed by atoms with Crippen LogP contribution in [0.4, 0.5) is 0 Å². The number of aryl methyl sites for hydroxylation is 1. The molecule has 3 rings (SSSR count). The highest BCUT2D eigenvalue weighted by atomic mass is 16.3. The first kappa shape index (κ1) is 9.85. The van der Waals surface area contributed by atoms with E-state index < -0.39 is 0 Å². The Morgan fingerprint density at radius 3 is 2.94 bits per heavy atom. The molecule has 3 nitrogen and oxygen atoms in total. The number of hydrogen-bond acceptors (Lipinski definition) is 2. The lowest BCUT2D eigenvalue weighted by Crippen LogP contribution is -2.03. The number of imidazole rings is 1. The van der Waals surface area contributed by atoms with Gasteiger partial charge in [0.15, 0.2) is 0 Å². The van der Waals surface area contributed by atoms with E-state index in [4.69, 9.17) is 5.11 Å². The Kier molecular flexibility index (Phi) is 2.21. The van der Waals surface area contributed by atoms with Crippen molar-refractivity contribution in [3.63, 3.8) is 0 Å². The zero-order chi connectivity index (χ0) is 11.1. The Bertz CT molecular complexity index is 526. The molecule has 1 heterocycles. The Morgan fingerprint density at radius 1 is 1.44 bits per heavy atom. The zero-order valence-electron chi connectivity index (χ0n) is 9.48. The van der Waals surface area contributed by atoms with E-state index in [1.807, 2.05) is 0 Å². The van der Waals surface area contributed by atoms with E-state index in [0.29, 0.717) is 12.5 Å². The van der Waals surface area contributed by atoms with Crippen molar-refractivity contribution < 1.29 is 5.11 Å². The minimum atomic E-state index is 0.176. The molecule has 0 saturated heterocycles. The van der Waals surface area contributed by atoms with Gasteiger partial charge in [0.1, 0.15) is 5.82 Å². The number of benzene rings is 1. The van der Waals surface area contributed by atoms with Gasteiger partial charge in [0.2, 0.25) is 0 Å². The van der Waals surface area contributed by atoms with E-state index in [1.165, 1.54) is 23.9 Å². The summed E-state index contributed by atoms with van der Waals surface area (Å²) >= 11 is 0. The Balaban J connectivity index is 2.21. The molecule has 0 unspecified atom stereocenters. The molecule has 0 bridgehead atoms. The van der Waals surface area contributed by atoms with Crippen molar-refractivity contribution in [1.82, 2.24) is 9.55 Å². The van der Waals surface area contributed by atoms with Crippen LogP contribution >= 0.6 is 0 Å². The highest BCUT2D eigenvalue weighted by Gasteiger charge is 2.27. The van der Waals surface area contributed by atoms with Crippen LogP contribution in [0.25, 0.3) is 11.0 Å². The number of aliphatic hydroxyl groups is 1. The largest absolute Gasteiger partial charge is 0.396 e. The van der Waals surface area contributed by atoms with Crippen molar-refractivity contribution in [2.75, 3.05) is 6.61 Å². The maximum absolute atomic E-state index is 9.07. The predicted molar refractivity (Wildman–Crippen MR) is 63.5 cm³/mol. The molecule has 1 N–H and O–H groups in total. The summed E-state index contributed by atoms with van der Waals surface area (Å²) in [4.78, 5) is 4.61. The van der Waals surface area contributed by atoms with Gasteiger partial charge in [-0.25, -0.2) is 4.98 Å². The van der Waals surface area contributed by atoms with E-state index in [0.717, 1.165) is 11.3 Å². The molecule has 0 spiro atoms. The molecular formula is C13H16N2O. The summed E-state index contributed by atoms with van der Waals surface area (Å²) < 4.78 is 2.32. The molecule has 84 valence electrons. The highest BCUT2D eigenvalue weighted by molar-refractivity contribution is 5.77. The van der Waals surface area contributed by atoms with Crippen LogP contribution in [-0.2, 0) is 6.42 Å². The van der Waals surface area contributed by atoms with Crippen LogP contribution in [-0.4, -0.2) is 21.3 Å². The summed E-state index contributed by atoms with van der Waals surface area (Å²) in [6.45, 7) is 2.28. The molecule has 1 saturated carbocycles. The average Bonchev–Trinajstić information content (AvgIpc) is 3.02. The summed E-state index contributed by atoms with van der Waals surface area (Å²) in [7, 11) is 0. The van der Waals surface area contributed by atoms with Crippen LogP contribution in [0, 0.1) is 6.92 Å². The van der Waals surface area contributed by atoms with Gasteiger partial charge in [-0.05, 0) is 37.5 Å². The fraction of sp³-hybridized carbons (Fsp3) is 0.462. The molecule has 1 aliphatic carbocycles. The summed E-state index contributed by atoms with van der Waals surface area (Å²) in [5, 5.41) is 9.07. The molecule has 0 radical (unpaired) electrons. The number of fused-ring (bicyclic) bond motifs is 1. The molecule has 1 aromatic heterocycles. The van der Waals surface area contributed by atoms with Crippen molar-refractivity contribution in [3.8, 4) is 0 Å². The lowest BCUT2D eigenvalue weighted by molar-refractivity contribution is 0.295. The van der Waals surface area contributed by atoms with Crippen LogP contribution in [0.5, 0.6) is 0 Å². The van der Waals surface area contributed by atoms with Gasteiger partial charge >= 0.3 is 0 Å². The van der Waals surface area contributed by atoms with Crippen LogP contribution < -0.4 is 0 Å². The fourth-order valence-electron chi connectivity index (χ4n) is 2.27. The number of rotatable bonds is 3. The van der Waals surface area contributed by atoms with E-state index in [9.17, 15) is 0 Å². The normalized spacial score (nSPS) is 15.9. The Hall–Kier alpha value is -1.35. The van der Waals surface area contributed by atoms with Crippen LogP contribution in [0.3, 0.4) is 0 Å². The van der Waals surface area contributed by atoms with Crippen molar-refractivity contribution in [3.05, 3.63) is 29.6 Å². The molecule has 1 aromatic carbocycles. The molecular weight excluding hydrogens is 200 g/mol. The predicted octanol–water partition coefficient (Wildman–Crippen LogP) is 2.21. The van der Waals surface area contributed by atoms with Gasteiger partial charge in [0.25, 0.3) is 0 Å². The van der Waals surface area contributed by atoms with Gasteiger partial charge in [-0.3, -0.25) is 0 Å².